The van der Waals surface area contributed by atoms with E-state index in [9.17, 15) is 4.79 Å². The lowest BCUT2D eigenvalue weighted by Gasteiger charge is -2.09. The smallest absolute Gasteiger partial charge is 0.284 e. The van der Waals surface area contributed by atoms with E-state index < -0.39 is 0 Å². The summed E-state index contributed by atoms with van der Waals surface area (Å²) in [6, 6.07) is 8.65. The quantitative estimate of drug-likeness (QED) is 0.878. The van der Waals surface area contributed by atoms with Gasteiger partial charge in [-0.1, -0.05) is 12.1 Å². The number of benzene rings is 1. The van der Waals surface area contributed by atoms with Gasteiger partial charge in [0.05, 0.1) is 7.11 Å². The van der Waals surface area contributed by atoms with Crippen LogP contribution in [0.15, 0.2) is 36.5 Å². The molecule has 6 heteroatoms. The summed E-state index contributed by atoms with van der Waals surface area (Å²) in [7, 11) is 1.54. The fourth-order valence-electron chi connectivity index (χ4n) is 1.42. The summed E-state index contributed by atoms with van der Waals surface area (Å²) in [5.41, 5.74) is 5.42. The largest absolute Gasteiger partial charge is 0.493 e. The van der Waals surface area contributed by atoms with E-state index in [1.807, 2.05) is 6.07 Å². The predicted molar refractivity (Wildman–Crippen MR) is 65.8 cm³/mol. The van der Waals surface area contributed by atoms with E-state index in [4.69, 9.17) is 15.2 Å². The fourth-order valence-corrected chi connectivity index (χ4v) is 1.42. The normalized spacial score (nSPS) is 10.1. The summed E-state index contributed by atoms with van der Waals surface area (Å²) < 4.78 is 11.6. The molecule has 94 valence electrons. The number of nitrogen functional groups attached to an aromatic ring is 1. The van der Waals surface area contributed by atoms with Crippen LogP contribution in [0.1, 0.15) is 4.79 Å². The van der Waals surface area contributed by atoms with Crippen molar-refractivity contribution < 1.29 is 14.3 Å². The van der Waals surface area contributed by atoms with Gasteiger partial charge in [0.1, 0.15) is 5.82 Å². The van der Waals surface area contributed by atoms with Crippen LogP contribution in [0.4, 0.5) is 5.82 Å². The van der Waals surface area contributed by atoms with Crippen LogP contribution in [0.2, 0.25) is 0 Å². The van der Waals surface area contributed by atoms with Crippen LogP contribution < -0.4 is 15.2 Å². The van der Waals surface area contributed by atoms with Crippen LogP contribution >= 0.6 is 0 Å². The van der Waals surface area contributed by atoms with Crippen LogP contribution in [0.25, 0.3) is 0 Å². The van der Waals surface area contributed by atoms with E-state index in [1.54, 1.807) is 24.3 Å². The molecule has 6 nitrogen and oxygen atoms in total. The third-order valence-electron chi connectivity index (χ3n) is 2.29. The maximum Gasteiger partial charge on any atom is 0.284 e. The Kier molecular flexibility index (Phi) is 3.47. The molecule has 2 aromatic rings. The highest BCUT2D eigenvalue weighted by Gasteiger charge is 2.09. The number of nitrogens with zero attached hydrogens (tertiary/aromatic N) is 2. The first-order chi connectivity index (χ1) is 8.70. The van der Waals surface area contributed by atoms with Gasteiger partial charge in [0.2, 0.25) is 0 Å². The molecule has 1 aromatic carbocycles. The molecule has 0 aliphatic carbocycles. The lowest BCUT2D eigenvalue weighted by atomic mass is 10.3. The zero-order valence-corrected chi connectivity index (χ0v) is 9.87. The molecule has 0 unspecified atom stereocenters. The lowest BCUT2D eigenvalue weighted by Crippen LogP contribution is -2.20. The van der Waals surface area contributed by atoms with Gasteiger partial charge in [-0.2, -0.15) is 0 Å². The van der Waals surface area contributed by atoms with Crippen LogP contribution in [-0.4, -0.2) is 29.4 Å². The number of nitrogens with two attached hydrogens (primary N) is 1. The van der Waals surface area contributed by atoms with E-state index >= 15 is 0 Å². The highest BCUT2D eigenvalue weighted by molar-refractivity contribution is 5.79. The molecule has 0 radical (unpaired) electrons. The standard InChI is InChI=1S/C12H13N3O3/c1-17-9-4-2-3-5-10(9)18-8-12(16)15-7-6-11(13)14-15/h2-7H,8H2,1H3,(H2,13,14). The summed E-state index contributed by atoms with van der Waals surface area (Å²) in [4.78, 5) is 11.7. The maximum atomic E-state index is 11.7. The number of hydrogen-bond donors (Lipinski definition) is 1. The topological polar surface area (TPSA) is 79.4 Å². The zero-order valence-electron chi connectivity index (χ0n) is 9.87. The molecule has 0 amide bonds. The first-order valence-corrected chi connectivity index (χ1v) is 5.31. The van der Waals surface area contributed by atoms with Crippen molar-refractivity contribution in [2.45, 2.75) is 0 Å². The van der Waals surface area contributed by atoms with E-state index in [-0.39, 0.29) is 12.5 Å². The van der Waals surface area contributed by atoms with Gasteiger partial charge in [-0.25, -0.2) is 4.68 Å². The van der Waals surface area contributed by atoms with Gasteiger partial charge >= 0.3 is 0 Å². The molecular weight excluding hydrogens is 234 g/mol. The van der Waals surface area contributed by atoms with Gasteiger partial charge in [0.25, 0.3) is 5.91 Å². The van der Waals surface area contributed by atoms with E-state index in [0.717, 1.165) is 4.68 Å². The minimum absolute atomic E-state index is 0.137. The molecule has 0 fully saturated rings. The first-order valence-electron chi connectivity index (χ1n) is 5.31. The molecule has 0 aliphatic heterocycles. The Morgan fingerprint density at radius 1 is 1.33 bits per heavy atom. The minimum Gasteiger partial charge on any atom is -0.493 e. The molecule has 0 aliphatic rings. The molecule has 18 heavy (non-hydrogen) atoms. The molecule has 1 aromatic heterocycles. The van der Waals surface area contributed by atoms with Crippen molar-refractivity contribution in [3.05, 3.63) is 36.5 Å². The van der Waals surface area contributed by atoms with Gasteiger partial charge < -0.3 is 15.2 Å². The van der Waals surface area contributed by atoms with Crippen molar-refractivity contribution >= 4 is 11.7 Å². The summed E-state index contributed by atoms with van der Waals surface area (Å²) in [5.74, 6) is 1.07. The van der Waals surface area contributed by atoms with Crippen molar-refractivity contribution in [1.29, 1.82) is 0 Å². The number of aromatic nitrogens is 2. The van der Waals surface area contributed by atoms with Crippen LogP contribution in [-0.2, 0) is 0 Å². The Morgan fingerprint density at radius 2 is 2.06 bits per heavy atom. The van der Waals surface area contributed by atoms with Gasteiger partial charge in [0, 0.05) is 12.3 Å². The van der Waals surface area contributed by atoms with Crippen molar-refractivity contribution in [3.8, 4) is 11.5 Å². The molecule has 0 atom stereocenters. The Labute approximate surface area is 104 Å². The molecule has 0 saturated carbocycles. The average molecular weight is 247 g/mol. The average Bonchev–Trinajstić information content (AvgIpc) is 2.83. The molecular formula is C12H13N3O3. The summed E-state index contributed by atoms with van der Waals surface area (Å²) in [6.45, 7) is -0.137. The molecule has 2 rings (SSSR count). The second-order valence-electron chi connectivity index (χ2n) is 3.52. The Balaban J connectivity index is 2.01. The van der Waals surface area contributed by atoms with Gasteiger partial charge in [-0.05, 0) is 12.1 Å². The van der Waals surface area contributed by atoms with Gasteiger partial charge in [0.15, 0.2) is 18.1 Å². The van der Waals surface area contributed by atoms with Crippen LogP contribution in [0, 0.1) is 0 Å². The highest BCUT2D eigenvalue weighted by Crippen LogP contribution is 2.25. The SMILES string of the molecule is COc1ccccc1OCC(=O)n1ccc(N)n1. The Morgan fingerprint density at radius 3 is 2.67 bits per heavy atom. The number of carbonyl (C=O) groups is 1. The number of anilines is 1. The lowest BCUT2D eigenvalue weighted by molar-refractivity contribution is 0.0819. The number of methoxy groups -OCH3 is 1. The first kappa shape index (κ1) is 12.0. The van der Waals surface area contributed by atoms with Crippen molar-refractivity contribution in [2.75, 3.05) is 19.5 Å². The second kappa shape index (κ2) is 5.22. The van der Waals surface area contributed by atoms with Crippen molar-refractivity contribution in [2.24, 2.45) is 0 Å². The van der Waals surface area contributed by atoms with E-state index in [1.165, 1.54) is 13.3 Å². The van der Waals surface area contributed by atoms with Gasteiger partial charge in [-0.3, -0.25) is 4.79 Å². The van der Waals surface area contributed by atoms with Gasteiger partial charge in [-0.15, -0.1) is 5.10 Å². The summed E-state index contributed by atoms with van der Waals surface area (Å²) in [5, 5.41) is 3.80. The number of carbonyl (C=O) groups excluding carboxylic acids is 1. The highest BCUT2D eigenvalue weighted by atomic mass is 16.5. The maximum absolute atomic E-state index is 11.7. The second-order valence-corrected chi connectivity index (χ2v) is 3.52. The Bertz CT molecular complexity index is 551. The van der Waals surface area contributed by atoms with Crippen molar-refractivity contribution in [3.63, 3.8) is 0 Å². The summed E-state index contributed by atoms with van der Waals surface area (Å²) in [6.07, 6.45) is 1.49. The van der Waals surface area contributed by atoms with Crippen molar-refractivity contribution in [1.82, 2.24) is 9.78 Å². The van der Waals surface area contributed by atoms with E-state index in [0.29, 0.717) is 17.3 Å². The zero-order chi connectivity index (χ0) is 13.0. The third kappa shape index (κ3) is 2.60. The predicted octanol–water partition coefficient (Wildman–Crippen LogP) is 1.19. The van der Waals surface area contributed by atoms with E-state index in [2.05, 4.69) is 5.10 Å². The number of ether oxygens (including phenoxy) is 2. The number of para-hydroxylation sites is 2. The Hall–Kier alpha value is -2.50. The molecule has 0 bridgehead atoms. The molecule has 1 heterocycles. The molecule has 2 N–H and O–H groups in total. The van der Waals surface area contributed by atoms with Crippen LogP contribution in [0.5, 0.6) is 11.5 Å². The monoisotopic (exact) mass is 247 g/mol. The number of hydrogen-bond acceptors (Lipinski definition) is 5. The third-order valence-corrected chi connectivity index (χ3v) is 2.29. The summed E-state index contributed by atoms with van der Waals surface area (Å²) >= 11 is 0. The van der Waals surface area contributed by atoms with Crippen LogP contribution in [0.3, 0.4) is 0 Å². The molecule has 0 saturated heterocycles. The minimum atomic E-state index is -0.308. The number of rotatable bonds is 4. The molecule has 0 spiro atoms. The fraction of sp³-hybridized carbons (Fsp3) is 0.167.